The van der Waals surface area contributed by atoms with Gasteiger partial charge in [0.15, 0.2) is 6.10 Å². The van der Waals surface area contributed by atoms with Crippen LogP contribution in [-0.2, 0) is 19.6 Å². The molecule has 2 aromatic carbocycles. The largest absolute Gasteiger partial charge is 0.449 e. The smallest absolute Gasteiger partial charge is 0.339 e. The lowest BCUT2D eigenvalue weighted by atomic mass is 10.1. The number of nitrogens with one attached hydrogen (secondary N) is 1. The molecule has 1 amide bonds. The number of nitriles is 1. The number of piperidine rings is 1. The molecule has 0 unspecified atom stereocenters. The zero-order valence-electron chi connectivity index (χ0n) is 18.0. The maximum atomic E-state index is 12.9. The molecule has 0 radical (unpaired) electrons. The molecule has 1 N–H and O–H groups in total. The van der Waals surface area contributed by atoms with Crippen molar-refractivity contribution in [2.45, 2.75) is 44.1 Å². The third kappa shape index (κ3) is 5.33. The van der Waals surface area contributed by atoms with Crippen LogP contribution in [0.1, 0.15) is 47.7 Å². The lowest BCUT2D eigenvalue weighted by molar-refractivity contribution is -0.123. The van der Waals surface area contributed by atoms with E-state index in [1.54, 1.807) is 31.2 Å². The van der Waals surface area contributed by atoms with Crippen LogP contribution in [0.3, 0.4) is 0 Å². The Balaban J connectivity index is 1.73. The van der Waals surface area contributed by atoms with Gasteiger partial charge in [0.05, 0.1) is 22.1 Å². The number of benzene rings is 2. The molecule has 2 aromatic rings. The van der Waals surface area contributed by atoms with Crippen LogP contribution >= 0.6 is 0 Å². The molecule has 0 saturated carbocycles. The van der Waals surface area contributed by atoms with E-state index < -0.39 is 28.0 Å². The highest BCUT2D eigenvalue weighted by molar-refractivity contribution is 7.89. The SMILES string of the molecule is Cc1ccc(S(=O)(=O)N2CCCCC2)cc1C(=O)O[C@H](C)C(=O)Nc1cccc(C#N)c1. The molecule has 168 valence electrons. The van der Waals surface area contributed by atoms with Crippen molar-refractivity contribution < 1.29 is 22.7 Å². The topological polar surface area (TPSA) is 117 Å². The Hall–Kier alpha value is -3.22. The number of anilines is 1. The van der Waals surface area contributed by atoms with E-state index in [4.69, 9.17) is 10.00 Å². The zero-order chi connectivity index (χ0) is 23.3. The average Bonchev–Trinajstić information content (AvgIpc) is 2.79. The van der Waals surface area contributed by atoms with Crippen molar-refractivity contribution in [1.82, 2.24) is 4.31 Å². The maximum absolute atomic E-state index is 12.9. The number of amides is 1. The number of sulfonamides is 1. The first-order chi connectivity index (χ1) is 15.2. The minimum atomic E-state index is -3.71. The highest BCUT2D eigenvalue weighted by Crippen LogP contribution is 2.23. The fraction of sp³-hybridized carbons (Fsp3) is 0.348. The quantitative estimate of drug-likeness (QED) is 0.669. The summed E-state index contributed by atoms with van der Waals surface area (Å²) in [4.78, 5) is 25.2. The molecule has 0 bridgehead atoms. The van der Waals surface area contributed by atoms with Crippen LogP contribution in [-0.4, -0.2) is 43.8 Å². The van der Waals surface area contributed by atoms with Gasteiger partial charge in [0, 0.05) is 18.8 Å². The minimum absolute atomic E-state index is 0.0300. The summed E-state index contributed by atoms with van der Waals surface area (Å²) >= 11 is 0. The third-order valence-electron chi connectivity index (χ3n) is 5.29. The number of esters is 1. The highest BCUT2D eigenvalue weighted by atomic mass is 32.2. The summed E-state index contributed by atoms with van der Waals surface area (Å²) < 4.78 is 32.6. The molecule has 3 rings (SSSR count). The van der Waals surface area contributed by atoms with Gasteiger partial charge in [-0.1, -0.05) is 18.6 Å². The number of nitrogens with zero attached hydrogens (tertiary/aromatic N) is 2. The Morgan fingerprint density at radius 3 is 2.53 bits per heavy atom. The van der Waals surface area contributed by atoms with Gasteiger partial charge in [0.2, 0.25) is 10.0 Å². The molecular weight excluding hydrogens is 430 g/mol. The Kier molecular flexibility index (Phi) is 7.28. The minimum Gasteiger partial charge on any atom is -0.449 e. The number of carbonyl (C=O) groups excluding carboxylic acids is 2. The normalized spacial score (nSPS) is 15.4. The van der Waals surface area contributed by atoms with Crippen molar-refractivity contribution in [1.29, 1.82) is 5.26 Å². The molecule has 9 heteroatoms. The molecule has 1 saturated heterocycles. The van der Waals surface area contributed by atoms with Gasteiger partial charge in [0.1, 0.15) is 0 Å². The van der Waals surface area contributed by atoms with Gasteiger partial charge in [-0.25, -0.2) is 13.2 Å². The monoisotopic (exact) mass is 455 g/mol. The highest BCUT2D eigenvalue weighted by Gasteiger charge is 2.28. The van der Waals surface area contributed by atoms with Gasteiger partial charge in [0.25, 0.3) is 5.91 Å². The first-order valence-electron chi connectivity index (χ1n) is 10.3. The number of ether oxygens (including phenoxy) is 1. The molecule has 0 aliphatic carbocycles. The lowest BCUT2D eigenvalue weighted by Gasteiger charge is -2.26. The molecule has 1 aliphatic rings. The van der Waals surface area contributed by atoms with Gasteiger partial charge < -0.3 is 10.1 Å². The summed E-state index contributed by atoms with van der Waals surface area (Å²) in [6, 6.07) is 12.7. The van der Waals surface area contributed by atoms with Crippen LogP contribution < -0.4 is 5.32 Å². The van der Waals surface area contributed by atoms with E-state index in [0.717, 1.165) is 19.3 Å². The number of carbonyl (C=O) groups is 2. The molecular formula is C23H25N3O5S. The Labute approximate surface area is 187 Å². The maximum Gasteiger partial charge on any atom is 0.339 e. The van der Waals surface area contributed by atoms with Crippen molar-refractivity contribution in [3.8, 4) is 6.07 Å². The summed E-state index contributed by atoms with van der Waals surface area (Å²) in [5, 5.41) is 11.6. The summed E-state index contributed by atoms with van der Waals surface area (Å²) in [5.41, 5.74) is 1.42. The molecule has 8 nitrogen and oxygen atoms in total. The molecule has 1 heterocycles. The van der Waals surface area contributed by atoms with Crippen LogP contribution in [0, 0.1) is 18.3 Å². The Bertz CT molecular complexity index is 1160. The summed E-state index contributed by atoms with van der Waals surface area (Å²) in [6.07, 6.45) is 1.49. The fourth-order valence-electron chi connectivity index (χ4n) is 3.42. The van der Waals surface area contributed by atoms with Gasteiger partial charge >= 0.3 is 5.97 Å². The third-order valence-corrected chi connectivity index (χ3v) is 7.19. The van der Waals surface area contributed by atoms with Crippen molar-refractivity contribution in [2.75, 3.05) is 18.4 Å². The van der Waals surface area contributed by atoms with Crippen molar-refractivity contribution >= 4 is 27.6 Å². The second-order valence-corrected chi connectivity index (χ2v) is 9.61. The first-order valence-corrected chi connectivity index (χ1v) is 11.8. The predicted octanol–water partition coefficient (Wildman–Crippen LogP) is 3.23. The van der Waals surface area contributed by atoms with E-state index in [0.29, 0.717) is 29.9 Å². The van der Waals surface area contributed by atoms with E-state index in [1.807, 2.05) is 6.07 Å². The summed E-state index contributed by atoms with van der Waals surface area (Å²) in [5.74, 6) is -1.35. The molecule has 0 spiro atoms. The van der Waals surface area contributed by atoms with Crippen LogP contribution in [0.4, 0.5) is 5.69 Å². The van der Waals surface area contributed by atoms with Gasteiger partial charge in [-0.3, -0.25) is 4.79 Å². The lowest BCUT2D eigenvalue weighted by Crippen LogP contribution is -2.35. The average molecular weight is 456 g/mol. The molecule has 0 aromatic heterocycles. The van der Waals surface area contributed by atoms with Crippen molar-refractivity contribution in [3.63, 3.8) is 0 Å². The second kappa shape index (κ2) is 9.94. The van der Waals surface area contributed by atoms with E-state index in [-0.39, 0.29) is 10.5 Å². The number of rotatable bonds is 6. The van der Waals surface area contributed by atoms with Crippen LogP contribution in [0.25, 0.3) is 0 Å². The summed E-state index contributed by atoms with van der Waals surface area (Å²) in [7, 11) is -3.71. The predicted molar refractivity (Wildman–Crippen MR) is 118 cm³/mol. The van der Waals surface area contributed by atoms with Crippen LogP contribution in [0.5, 0.6) is 0 Å². The number of hydrogen-bond donors (Lipinski definition) is 1. The fourth-order valence-corrected chi connectivity index (χ4v) is 4.97. The number of hydrogen-bond acceptors (Lipinski definition) is 6. The van der Waals surface area contributed by atoms with Crippen molar-refractivity contribution in [3.05, 3.63) is 59.2 Å². The second-order valence-electron chi connectivity index (χ2n) is 7.67. The standard InChI is InChI=1S/C23H25N3O5S/c1-16-9-10-20(32(29,30)26-11-4-3-5-12-26)14-21(16)23(28)31-17(2)22(27)25-19-8-6-7-18(13-19)15-24/h6-10,13-14,17H,3-5,11-12H2,1-2H3,(H,25,27)/t17-/m1/s1. The molecule has 1 fully saturated rings. The first kappa shape index (κ1) is 23.4. The molecule has 32 heavy (non-hydrogen) atoms. The van der Waals surface area contributed by atoms with Gasteiger partial charge in [-0.05, 0) is 62.6 Å². The van der Waals surface area contributed by atoms with E-state index in [1.165, 1.54) is 29.4 Å². The number of aryl methyl sites for hydroxylation is 1. The molecule has 1 aliphatic heterocycles. The van der Waals surface area contributed by atoms with Gasteiger partial charge in [-0.15, -0.1) is 0 Å². The Morgan fingerprint density at radius 2 is 1.84 bits per heavy atom. The van der Waals surface area contributed by atoms with E-state index in [9.17, 15) is 18.0 Å². The molecule has 1 atom stereocenters. The summed E-state index contributed by atoms with van der Waals surface area (Å²) in [6.45, 7) is 4.01. The van der Waals surface area contributed by atoms with Crippen LogP contribution in [0.15, 0.2) is 47.4 Å². The zero-order valence-corrected chi connectivity index (χ0v) is 18.8. The Morgan fingerprint density at radius 1 is 1.12 bits per heavy atom. The van der Waals surface area contributed by atoms with Gasteiger partial charge in [-0.2, -0.15) is 9.57 Å². The van der Waals surface area contributed by atoms with Crippen LogP contribution in [0.2, 0.25) is 0 Å². The van der Waals surface area contributed by atoms with E-state index in [2.05, 4.69) is 5.32 Å². The van der Waals surface area contributed by atoms with Crippen molar-refractivity contribution in [2.24, 2.45) is 0 Å². The van der Waals surface area contributed by atoms with E-state index >= 15 is 0 Å².